The molecule has 1 aliphatic carbocycles. The first-order valence-electron chi connectivity index (χ1n) is 12.2. The molecule has 0 bridgehead atoms. The van der Waals surface area contributed by atoms with Crippen LogP contribution in [-0.4, -0.2) is 36.4 Å². The largest absolute Gasteiger partial charge is 0.356 e. The number of benzene rings is 3. The Morgan fingerprint density at radius 1 is 0.892 bits per heavy atom. The fourth-order valence-corrected chi connectivity index (χ4v) is 4.84. The Labute approximate surface area is 212 Å². The normalized spacial score (nSPS) is 15.7. The van der Waals surface area contributed by atoms with Gasteiger partial charge in [-0.05, 0) is 54.2 Å². The Morgan fingerprint density at radius 2 is 1.65 bits per heavy atom. The van der Waals surface area contributed by atoms with E-state index in [1.807, 2.05) is 24.3 Å². The predicted octanol–water partition coefficient (Wildman–Crippen LogP) is 4.91. The first-order chi connectivity index (χ1) is 17.9. The third kappa shape index (κ3) is 5.33. The van der Waals surface area contributed by atoms with Crippen molar-refractivity contribution in [2.45, 2.75) is 25.7 Å². The van der Waals surface area contributed by atoms with Crippen molar-refractivity contribution < 1.29 is 23.2 Å². The number of fused-ring (bicyclic) bond motifs is 3. The molecule has 0 saturated carbocycles. The lowest BCUT2D eigenvalue weighted by Gasteiger charge is -2.10. The highest BCUT2D eigenvalue weighted by Gasteiger charge is 2.27. The van der Waals surface area contributed by atoms with E-state index < -0.39 is 11.6 Å². The number of hydrogen-bond acceptors (Lipinski definition) is 4. The van der Waals surface area contributed by atoms with Gasteiger partial charge in [0.05, 0.1) is 0 Å². The van der Waals surface area contributed by atoms with Gasteiger partial charge in [-0.3, -0.25) is 19.4 Å². The number of ketones is 1. The maximum atomic E-state index is 14.0. The molecule has 0 spiro atoms. The highest BCUT2D eigenvalue weighted by molar-refractivity contribution is 6.22. The molecule has 1 aliphatic heterocycles. The monoisotopic (exact) mass is 501 g/mol. The summed E-state index contributed by atoms with van der Waals surface area (Å²) in [6.45, 7) is 0.758. The van der Waals surface area contributed by atoms with E-state index in [1.54, 1.807) is 18.2 Å². The van der Waals surface area contributed by atoms with E-state index in [-0.39, 0.29) is 41.9 Å². The second-order valence-corrected chi connectivity index (χ2v) is 9.32. The molecule has 8 heteroatoms. The summed E-state index contributed by atoms with van der Waals surface area (Å²) >= 11 is 0. The minimum atomic E-state index is -0.654. The number of anilines is 1. The van der Waals surface area contributed by atoms with Crippen LogP contribution in [0.1, 0.15) is 47.2 Å². The molecule has 1 heterocycles. The summed E-state index contributed by atoms with van der Waals surface area (Å²) < 4.78 is 27.1. The van der Waals surface area contributed by atoms with Gasteiger partial charge in [-0.15, -0.1) is 0 Å². The van der Waals surface area contributed by atoms with Gasteiger partial charge in [0.2, 0.25) is 11.8 Å². The molecule has 1 unspecified atom stereocenters. The number of amides is 2. The standard InChI is InChI=1S/C29H25F2N3O3/c30-18-7-9-23(25(31)14-18)26-12-17(16-33-26)13-28(36)32-11-3-6-27(35)34-19-8-10-21-20-4-1-2-5-22(20)29(37)24(21)15-19/h1-2,4-5,7-10,14-15,17H,3,6,11-13,16H2,(H,32,36)(H,34,35). The number of halogens is 2. The lowest BCUT2D eigenvalue weighted by atomic mass is 9.97. The van der Waals surface area contributed by atoms with E-state index in [0.717, 1.165) is 17.2 Å². The molecule has 3 aromatic carbocycles. The molecule has 0 radical (unpaired) electrons. The minimum Gasteiger partial charge on any atom is -0.356 e. The van der Waals surface area contributed by atoms with Gasteiger partial charge in [-0.25, -0.2) is 8.78 Å². The molecule has 1 atom stereocenters. The van der Waals surface area contributed by atoms with Crippen LogP contribution < -0.4 is 10.6 Å². The van der Waals surface area contributed by atoms with Crippen molar-refractivity contribution in [2.24, 2.45) is 10.9 Å². The van der Waals surface area contributed by atoms with Crippen LogP contribution in [0.4, 0.5) is 14.5 Å². The van der Waals surface area contributed by atoms with Crippen LogP contribution in [0.3, 0.4) is 0 Å². The van der Waals surface area contributed by atoms with Crippen LogP contribution in [-0.2, 0) is 9.59 Å². The van der Waals surface area contributed by atoms with Gasteiger partial charge in [-0.1, -0.05) is 30.3 Å². The van der Waals surface area contributed by atoms with Crippen LogP contribution in [0, 0.1) is 17.6 Å². The van der Waals surface area contributed by atoms with E-state index in [1.165, 1.54) is 12.1 Å². The molecule has 0 aromatic heterocycles. The molecule has 3 aromatic rings. The van der Waals surface area contributed by atoms with E-state index in [9.17, 15) is 23.2 Å². The third-order valence-corrected chi connectivity index (χ3v) is 6.65. The lowest BCUT2D eigenvalue weighted by molar-refractivity contribution is -0.122. The zero-order chi connectivity index (χ0) is 25.9. The maximum absolute atomic E-state index is 14.0. The van der Waals surface area contributed by atoms with Crippen LogP contribution in [0.2, 0.25) is 0 Å². The Kier molecular flexibility index (Phi) is 6.90. The van der Waals surface area contributed by atoms with Crippen LogP contribution in [0.5, 0.6) is 0 Å². The van der Waals surface area contributed by atoms with Gasteiger partial charge in [0.1, 0.15) is 11.6 Å². The Bertz CT molecular complexity index is 1430. The van der Waals surface area contributed by atoms with Crippen molar-refractivity contribution in [2.75, 3.05) is 18.4 Å². The number of rotatable bonds is 8. The SMILES string of the molecule is O=C(CC1CN=C(c2ccc(F)cc2F)C1)NCCCC(=O)Nc1ccc2c(c1)C(=O)c1ccccc1-2. The average Bonchev–Trinajstić information content (AvgIpc) is 3.44. The summed E-state index contributed by atoms with van der Waals surface area (Å²) in [7, 11) is 0. The van der Waals surface area contributed by atoms with Gasteiger partial charge < -0.3 is 10.6 Å². The molecule has 2 N–H and O–H groups in total. The Balaban J connectivity index is 1.03. The van der Waals surface area contributed by atoms with Crippen molar-refractivity contribution in [3.8, 4) is 11.1 Å². The summed E-state index contributed by atoms with van der Waals surface area (Å²) in [6.07, 6.45) is 1.37. The summed E-state index contributed by atoms with van der Waals surface area (Å²) in [5, 5.41) is 5.64. The van der Waals surface area contributed by atoms with E-state index in [0.29, 0.717) is 48.5 Å². The van der Waals surface area contributed by atoms with Crippen LogP contribution >= 0.6 is 0 Å². The molecular weight excluding hydrogens is 476 g/mol. The van der Waals surface area contributed by atoms with Crippen molar-refractivity contribution in [3.05, 3.63) is 89.0 Å². The molecule has 2 amide bonds. The van der Waals surface area contributed by atoms with Crippen molar-refractivity contribution in [1.29, 1.82) is 0 Å². The van der Waals surface area contributed by atoms with E-state index in [4.69, 9.17) is 0 Å². The van der Waals surface area contributed by atoms with Crippen LogP contribution in [0.25, 0.3) is 11.1 Å². The Hall–Kier alpha value is -4.20. The molecule has 0 fully saturated rings. The molecule has 6 nitrogen and oxygen atoms in total. The molecule has 2 aliphatic rings. The zero-order valence-electron chi connectivity index (χ0n) is 20.0. The summed E-state index contributed by atoms with van der Waals surface area (Å²) in [6, 6.07) is 16.2. The molecule has 37 heavy (non-hydrogen) atoms. The fourth-order valence-electron chi connectivity index (χ4n) is 4.84. The number of carbonyl (C=O) groups is 3. The quantitative estimate of drug-likeness (QED) is 0.336. The summed E-state index contributed by atoms with van der Waals surface area (Å²) in [5.41, 5.74) is 4.38. The van der Waals surface area contributed by atoms with Gasteiger partial charge in [0.15, 0.2) is 5.78 Å². The third-order valence-electron chi connectivity index (χ3n) is 6.65. The van der Waals surface area contributed by atoms with E-state index >= 15 is 0 Å². The Morgan fingerprint density at radius 3 is 2.46 bits per heavy atom. The maximum Gasteiger partial charge on any atom is 0.224 e. The zero-order valence-corrected chi connectivity index (χ0v) is 20.0. The van der Waals surface area contributed by atoms with Gasteiger partial charge in [-0.2, -0.15) is 0 Å². The highest BCUT2D eigenvalue weighted by Crippen LogP contribution is 2.37. The molecular formula is C29H25F2N3O3. The second-order valence-electron chi connectivity index (χ2n) is 9.32. The smallest absolute Gasteiger partial charge is 0.224 e. The predicted molar refractivity (Wildman–Crippen MR) is 137 cm³/mol. The van der Waals surface area contributed by atoms with E-state index in [2.05, 4.69) is 15.6 Å². The minimum absolute atomic E-state index is 0.0450. The van der Waals surface area contributed by atoms with Gasteiger partial charge in [0, 0.05) is 60.1 Å². The topological polar surface area (TPSA) is 87.6 Å². The number of nitrogens with one attached hydrogen (secondary N) is 2. The molecule has 0 saturated heterocycles. The first-order valence-corrected chi connectivity index (χ1v) is 12.2. The van der Waals surface area contributed by atoms with Crippen molar-refractivity contribution in [1.82, 2.24) is 5.32 Å². The lowest BCUT2D eigenvalue weighted by Crippen LogP contribution is -2.27. The van der Waals surface area contributed by atoms with Crippen molar-refractivity contribution in [3.63, 3.8) is 0 Å². The number of aliphatic imine (C=N–C) groups is 1. The summed E-state index contributed by atoms with van der Waals surface area (Å²) in [4.78, 5) is 41.7. The van der Waals surface area contributed by atoms with Crippen LogP contribution in [0.15, 0.2) is 65.7 Å². The molecule has 5 rings (SSSR count). The van der Waals surface area contributed by atoms with Gasteiger partial charge >= 0.3 is 0 Å². The van der Waals surface area contributed by atoms with Gasteiger partial charge in [0.25, 0.3) is 0 Å². The first kappa shape index (κ1) is 24.5. The second kappa shape index (κ2) is 10.4. The number of nitrogens with zero attached hydrogens (tertiary/aromatic N) is 1. The number of carbonyl (C=O) groups excluding carboxylic acids is 3. The molecule has 188 valence electrons. The fraction of sp³-hybridized carbons (Fsp3) is 0.241. The average molecular weight is 502 g/mol. The summed E-state index contributed by atoms with van der Waals surface area (Å²) in [5.74, 6) is -1.75. The van der Waals surface area contributed by atoms with Crippen molar-refractivity contribution >= 4 is 29.0 Å². The highest BCUT2D eigenvalue weighted by atomic mass is 19.1. The number of hydrogen-bond donors (Lipinski definition) is 2.